The summed E-state index contributed by atoms with van der Waals surface area (Å²) in [5.41, 5.74) is 1.28. The second-order valence-corrected chi connectivity index (χ2v) is 6.25. The zero-order chi connectivity index (χ0) is 13.9. The van der Waals surface area contributed by atoms with Gasteiger partial charge in [0.15, 0.2) is 0 Å². The number of aliphatic hydroxyl groups is 1. The van der Waals surface area contributed by atoms with Gasteiger partial charge in [-0.3, -0.25) is 0 Å². The van der Waals surface area contributed by atoms with Crippen LogP contribution < -0.4 is 5.32 Å². The molecule has 0 aliphatic heterocycles. The lowest BCUT2D eigenvalue weighted by Crippen LogP contribution is -2.35. The van der Waals surface area contributed by atoms with Crippen LogP contribution in [0.25, 0.3) is 0 Å². The van der Waals surface area contributed by atoms with Crippen LogP contribution in [0.5, 0.6) is 0 Å². The molecule has 0 spiro atoms. The van der Waals surface area contributed by atoms with Crippen LogP contribution in [0.3, 0.4) is 0 Å². The van der Waals surface area contributed by atoms with Gasteiger partial charge in [-0.25, -0.2) is 0 Å². The van der Waals surface area contributed by atoms with Gasteiger partial charge in [-0.2, -0.15) is 0 Å². The highest BCUT2D eigenvalue weighted by molar-refractivity contribution is 14.1. The van der Waals surface area contributed by atoms with Crippen molar-refractivity contribution in [3.63, 3.8) is 0 Å². The lowest BCUT2D eigenvalue weighted by atomic mass is 9.92. The van der Waals surface area contributed by atoms with Crippen LogP contribution in [0, 0.1) is 3.57 Å². The Bertz CT molecular complexity index is 558. The number of aliphatic hydroxyl groups excluding tert-OH is 1. The van der Waals surface area contributed by atoms with Gasteiger partial charge in [0.05, 0.1) is 22.9 Å². The Morgan fingerprint density at radius 3 is 2.37 bits per heavy atom. The van der Waals surface area contributed by atoms with Crippen molar-refractivity contribution in [2.24, 2.45) is 0 Å². The maximum atomic E-state index is 9.75. The van der Waals surface area contributed by atoms with E-state index in [0.717, 1.165) is 11.3 Å². The van der Waals surface area contributed by atoms with Gasteiger partial charge < -0.3 is 10.4 Å². The second-order valence-electron chi connectivity index (χ2n) is 4.60. The first-order valence-electron chi connectivity index (χ1n) is 5.95. The molecule has 0 aromatic heterocycles. The zero-order valence-corrected chi connectivity index (χ0v) is 13.4. The van der Waals surface area contributed by atoms with Gasteiger partial charge in [-0.05, 0) is 59.3 Å². The number of halogens is 2. The third-order valence-electron chi connectivity index (χ3n) is 3.08. The van der Waals surface area contributed by atoms with Crippen molar-refractivity contribution in [3.8, 4) is 0 Å². The Labute approximate surface area is 131 Å². The van der Waals surface area contributed by atoms with E-state index >= 15 is 0 Å². The molecule has 4 heteroatoms. The van der Waals surface area contributed by atoms with Gasteiger partial charge in [0, 0.05) is 3.57 Å². The molecule has 0 saturated heterocycles. The quantitative estimate of drug-likeness (QED) is 0.768. The normalized spacial score (nSPS) is 13.9. The summed E-state index contributed by atoms with van der Waals surface area (Å²) in [6, 6.07) is 15.6. The minimum Gasteiger partial charge on any atom is -0.394 e. The van der Waals surface area contributed by atoms with Crippen LogP contribution in [-0.4, -0.2) is 11.7 Å². The van der Waals surface area contributed by atoms with E-state index in [1.165, 1.54) is 3.57 Å². The molecule has 19 heavy (non-hydrogen) atoms. The molecule has 0 aliphatic rings. The zero-order valence-electron chi connectivity index (χ0n) is 10.5. The van der Waals surface area contributed by atoms with Crippen LogP contribution in [0.1, 0.15) is 12.5 Å². The smallest absolute Gasteiger partial charge is 0.0828 e. The Kier molecular flexibility index (Phi) is 4.71. The van der Waals surface area contributed by atoms with E-state index < -0.39 is 5.54 Å². The van der Waals surface area contributed by atoms with Crippen LogP contribution in [0.2, 0.25) is 5.02 Å². The van der Waals surface area contributed by atoms with Crippen molar-refractivity contribution in [1.29, 1.82) is 0 Å². The maximum absolute atomic E-state index is 9.75. The molecular formula is C15H15ClINO. The fourth-order valence-electron chi connectivity index (χ4n) is 1.88. The number of hydrogen-bond acceptors (Lipinski definition) is 2. The number of para-hydroxylation sites is 1. The molecule has 2 N–H and O–H groups in total. The lowest BCUT2D eigenvalue weighted by molar-refractivity contribution is 0.224. The SMILES string of the molecule is CC(CO)(Nc1ccccc1Cl)c1ccc(I)cc1. The predicted octanol–water partition coefficient (Wildman–Crippen LogP) is 4.26. The maximum Gasteiger partial charge on any atom is 0.0828 e. The van der Waals surface area contributed by atoms with Gasteiger partial charge >= 0.3 is 0 Å². The monoisotopic (exact) mass is 387 g/mol. The van der Waals surface area contributed by atoms with Gasteiger partial charge in [0.1, 0.15) is 0 Å². The van der Waals surface area contributed by atoms with E-state index in [9.17, 15) is 5.11 Å². The molecule has 1 unspecified atom stereocenters. The number of benzene rings is 2. The van der Waals surface area contributed by atoms with Gasteiger partial charge in [0.2, 0.25) is 0 Å². The molecule has 0 fully saturated rings. The molecule has 2 aromatic carbocycles. The van der Waals surface area contributed by atoms with Crippen molar-refractivity contribution in [2.45, 2.75) is 12.5 Å². The van der Waals surface area contributed by atoms with E-state index in [4.69, 9.17) is 11.6 Å². The van der Waals surface area contributed by atoms with Gasteiger partial charge in [-0.1, -0.05) is 35.9 Å². The van der Waals surface area contributed by atoms with Crippen LogP contribution >= 0.6 is 34.2 Å². The topological polar surface area (TPSA) is 32.3 Å². The molecule has 0 radical (unpaired) electrons. The van der Waals surface area contributed by atoms with Gasteiger partial charge in [0.25, 0.3) is 0 Å². The second kappa shape index (κ2) is 6.11. The van der Waals surface area contributed by atoms with E-state index in [0.29, 0.717) is 5.02 Å². The number of rotatable bonds is 4. The number of nitrogens with one attached hydrogen (secondary N) is 1. The van der Waals surface area contributed by atoms with Crippen LogP contribution in [0.4, 0.5) is 5.69 Å². The molecule has 0 amide bonds. The summed E-state index contributed by atoms with van der Waals surface area (Å²) in [6.45, 7) is 1.94. The van der Waals surface area contributed by atoms with Crippen LogP contribution in [-0.2, 0) is 5.54 Å². The molecular weight excluding hydrogens is 373 g/mol. The average Bonchev–Trinajstić information content (AvgIpc) is 2.42. The molecule has 2 rings (SSSR count). The van der Waals surface area contributed by atoms with Crippen LogP contribution in [0.15, 0.2) is 48.5 Å². The molecule has 1 atom stereocenters. The van der Waals surface area contributed by atoms with E-state index in [-0.39, 0.29) is 6.61 Å². The van der Waals surface area contributed by atoms with Crippen molar-refractivity contribution < 1.29 is 5.11 Å². The minimum absolute atomic E-state index is 0.0151. The molecule has 2 nitrogen and oxygen atoms in total. The summed E-state index contributed by atoms with van der Waals surface area (Å²) >= 11 is 8.42. The van der Waals surface area contributed by atoms with Crippen molar-refractivity contribution in [3.05, 3.63) is 62.7 Å². The number of anilines is 1. The third-order valence-corrected chi connectivity index (χ3v) is 4.13. The van der Waals surface area contributed by atoms with E-state index in [1.807, 2.05) is 55.5 Å². The van der Waals surface area contributed by atoms with Gasteiger partial charge in [-0.15, -0.1) is 0 Å². The summed E-state index contributed by atoms with van der Waals surface area (Å²) in [6.07, 6.45) is 0. The first-order valence-corrected chi connectivity index (χ1v) is 7.40. The molecule has 100 valence electrons. The van der Waals surface area contributed by atoms with E-state index in [1.54, 1.807) is 0 Å². The van der Waals surface area contributed by atoms with Crippen molar-refractivity contribution >= 4 is 39.9 Å². The summed E-state index contributed by atoms with van der Waals surface area (Å²) in [4.78, 5) is 0. The molecule has 0 aliphatic carbocycles. The number of hydrogen-bond donors (Lipinski definition) is 2. The fourth-order valence-corrected chi connectivity index (χ4v) is 2.42. The summed E-state index contributed by atoms with van der Waals surface area (Å²) in [5.74, 6) is 0. The Balaban J connectivity index is 2.33. The highest BCUT2D eigenvalue weighted by Crippen LogP contribution is 2.30. The molecule has 0 bridgehead atoms. The average molecular weight is 388 g/mol. The first-order chi connectivity index (χ1) is 9.05. The molecule has 2 aromatic rings. The van der Waals surface area contributed by atoms with Crippen molar-refractivity contribution in [1.82, 2.24) is 0 Å². The Hall–Kier alpha value is -0.780. The molecule has 0 heterocycles. The molecule has 0 saturated carbocycles. The summed E-state index contributed by atoms with van der Waals surface area (Å²) in [7, 11) is 0. The highest BCUT2D eigenvalue weighted by atomic mass is 127. The highest BCUT2D eigenvalue weighted by Gasteiger charge is 2.26. The van der Waals surface area contributed by atoms with E-state index in [2.05, 4.69) is 27.9 Å². The van der Waals surface area contributed by atoms with Crippen molar-refractivity contribution in [2.75, 3.05) is 11.9 Å². The summed E-state index contributed by atoms with van der Waals surface area (Å²) < 4.78 is 1.17. The standard InChI is InChI=1S/C15H15ClINO/c1-15(10-19,11-6-8-12(17)9-7-11)18-14-5-3-2-4-13(14)16/h2-9,18-19H,10H2,1H3. The Morgan fingerprint density at radius 1 is 1.16 bits per heavy atom. The predicted molar refractivity (Wildman–Crippen MR) is 88.7 cm³/mol. The first kappa shape index (κ1) is 14.6. The lowest BCUT2D eigenvalue weighted by Gasteiger charge is -2.31. The largest absolute Gasteiger partial charge is 0.394 e. The third kappa shape index (κ3) is 3.41. The minimum atomic E-state index is -0.560. The summed E-state index contributed by atoms with van der Waals surface area (Å²) in [5, 5.41) is 13.7. The Morgan fingerprint density at radius 2 is 1.79 bits per heavy atom. The fraction of sp³-hybridized carbons (Fsp3) is 0.200.